The van der Waals surface area contributed by atoms with Gasteiger partial charge in [0.25, 0.3) is 0 Å². The fourth-order valence-corrected chi connectivity index (χ4v) is 3.17. The number of rotatable bonds is 3. The van der Waals surface area contributed by atoms with Crippen LogP contribution in [0.4, 0.5) is 0 Å². The highest BCUT2D eigenvalue weighted by molar-refractivity contribution is 5.34. The summed E-state index contributed by atoms with van der Waals surface area (Å²) in [5.74, 6) is 2.96. The van der Waals surface area contributed by atoms with Crippen molar-refractivity contribution in [1.29, 1.82) is 0 Å². The van der Waals surface area contributed by atoms with E-state index in [1.165, 1.54) is 36.8 Å². The molecule has 0 amide bonds. The Morgan fingerprint density at radius 3 is 2.19 bits per heavy atom. The van der Waals surface area contributed by atoms with E-state index in [4.69, 9.17) is 4.42 Å². The predicted octanol–water partition coefficient (Wildman–Crippen LogP) is 3.66. The third-order valence-corrected chi connectivity index (χ3v) is 4.11. The Kier molecular flexibility index (Phi) is 3.38. The highest BCUT2D eigenvalue weighted by Gasteiger charge is 2.29. The first kappa shape index (κ1) is 11.7. The summed E-state index contributed by atoms with van der Waals surface area (Å²) in [6, 6.07) is 0.486. The summed E-state index contributed by atoms with van der Waals surface area (Å²) >= 11 is 0. The molecule has 1 saturated carbocycles. The standard InChI is InChI=1S/C14H23NO/c1-9-10(2)16-11(3)13(9)14(15-4)12-7-5-6-8-12/h12,14-15H,5-8H2,1-4H3. The number of furan rings is 1. The van der Waals surface area contributed by atoms with Crippen LogP contribution in [0.2, 0.25) is 0 Å². The van der Waals surface area contributed by atoms with Crippen LogP contribution in [0.25, 0.3) is 0 Å². The molecule has 0 bridgehead atoms. The van der Waals surface area contributed by atoms with Crippen LogP contribution in [0.3, 0.4) is 0 Å². The molecule has 2 heteroatoms. The second-order valence-corrected chi connectivity index (χ2v) is 5.06. The van der Waals surface area contributed by atoms with E-state index in [1.807, 2.05) is 0 Å². The molecule has 1 aliphatic rings. The molecule has 1 aliphatic carbocycles. The molecule has 0 aromatic carbocycles. The van der Waals surface area contributed by atoms with Crippen molar-refractivity contribution in [2.24, 2.45) is 5.92 Å². The van der Waals surface area contributed by atoms with Gasteiger partial charge in [0.05, 0.1) is 0 Å². The van der Waals surface area contributed by atoms with E-state index in [2.05, 4.69) is 33.1 Å². The maximum Gasteiger partial charge on any atom is 0.106 e. The van der Waals surface area contributed by atoms with Crippen LogP contribution in [0.15, 0.2) is 4.42 Å². The van der Waals surface area contributed by atoms with Crippen molar-refractivity contribution < 1.29 is 4.42 Å². The van der Waals surface area contributed by atoms with Crippen molar-refractivity contribution >= 4 is 0 Å². The summed E-state index contributed by atoms with van der Waals surface area (Å²) in [7, 11) is 2.07. The van der Waals surface area contributed by atoms with Crippen LogP contribution in [-0.4, -0.2) is 7.05 Å². The summed E-state index contributed by atoms with van der Waals surface area (Å²) < 4.78 is 5.75. The van der Waals surface area contributed by atoms with Gasteiger partial charge in [0.1, 0.15) is 11.5 Å². The minimum atomic E-state index is 0.486. The Morgan fingerprint density at radius 1 is 1.12 bits per heavy atom. The summed E-state index contributed by atoms with van der Waals surface area (Å²) in [5, 5.41) is 3.50. The highest BCUT2D eigenvalue weighted by atomic mass is 16.3. The SMILES string of the molecule is CNC(c1c(C)oc(C)c1C)C1CCCC1. The summed E-state index contributed by atoms with van der Waals surface area (Å²) in [5.41, 5.74) is 2.75. The van der Waals surface area contributed by atoms with E-state index < -0.39 is 0 Å². The molecule has 2 nitrogen and oxygen atoms in total. The zero-order valence-corrected chi connectivity index (χ0v) is 10.9. The Labute approximate surface area is 98.4 Å². The van der Waals surface area contributed by atoms with E-state index in [9.17, 15) is 0 Å². The molecule has 0 aliphatic heterocycles. The largest absolute Gasteiger partial charge is 0.466 e. The van der Waals surface area contributed by atoms with Crippen molar-refractivity contribution in [3.8, 4) is 0 Å². The average Bonchev–Trinajstić information content (AvgIpc) is 2.84. The quantitative estimate of drug-likeness (QED) is 0.842. The minimum Gasteiger partial charge on any atom is -0.466 e. The third-order valence-electron chi connectivity index (χ3n) is 4.11. The molecule has 2 rings (SSSR count). The van der Waals surface area contributed by atoms with E-state index in [1.54, 1.807) is 0 Å². The molecule has 90 valence electrons. The van der Waals surface area contributed by atoms with Crippen LogP contribution < -0.4 is 5.32 Å². The minimum absolute atomic E-state index is 0.486. The van der Waals surface area contributed by atoms with Crippen LogP contribution in [-0.2, 0) is 0 Å². The van der Waals surface area contributed by atoms with Crippen LogP contribution in [0.5, 0.6) is 0 Å². The molecule has 0 radical (unpaired) electrons. The van der Waals surface area contributed by atoms with Crippen LogP contribution >= 0.6 is 0 Å². The molecule has 0 saturated heterocycles. The lowest BCUT2D eigenvalue weighted by molar-refractivity contribution is 0.382. The van der Waals surface area contributed by atoms with Crippen molar-refractivity contribution in [3.05, 3.63) is 22.6 Å². The molecule has 1 aromatic rings. The highest BCUT2D eigenvalue weighted by Crippen LogP contribution is 2.39. The second-order valence-electron chi connectivity index (χ2n) is 5.06. The first-order valence-corrected chi connectivity index (χ1v) is 6.39. The maximum absolute atomic E-state index is 5.75. The van der Waals surface area contributed by atoms with E-state index >= 15 is 0 Å². The lowest BCUT2D eigenvalue weighted by atomic mass is 9.89. The van der Waals surface area contributed by atoms with Gasteiger partial charge in [-0.25, -0.2) is 0 Å². The number of hydrogen-bond donors (Lipinski definition) is 1. The molecule has 1 unspecified atom stereocenters. The topological polar surface area (TPSA) is 25.2 Å². The average molecular weight is 221 g/mol. The number of nitrogens with one attached hydrogen (secondary N) is 1. The smallest absolute Gasteiger partial charge is 0.106 e. The van der Waals surface area contributed by atoms with Gasteiger partial charge in [-0.3, -0.25) is 0 Å². The molecule has 1 atom stereocenters. The molecule has 1 aromatic heterocycles. The summed E-state index contributed by atoms with van der Waals surface area (Å²) in [6.45, 7) is 6.34. The molecule has 1 N–H and O–H groups in total. The second kappa shape index (κ2) is 4.62. The van der Waals surface area contributed by atoms with Crippen molar-refractivity contribution in [2.45, 2.75) is 52.5 Å². The van der Waals surface area contributed by atoms with Crippen molar-refractivity contribution in [2.75, 3.05) is 7.05 Å². The lowest BCUT2D eigenvalue weighted by Crippen LogP contribution is -2.24. The van der Waals surface area contributed by atoms with Crippen LogP contribution in [0.1, 0.15) is 54.4 Å². The zero-order chi connectivity index (χ0) is 11.7. The third kappa shape index (κ3) is 1.91. The maximum atomic E-state index is 5.75. The van der Waals surface area contributed by atoms with Gasteiger partial charge < -0.3 is 9.73 Å². The molecular formula is C14H23NO. The normalized spacial score (nSPS) is 19.2. The van der Waals surface area contributed by atoms with Crippen LogP contribution in [0, 0.1) is 26.7 Å². The van der Waals surface area contributed by atoms with Crippen molar-refractivity contribution in [3.63, 3.8) is 0 Å². The Balaban J connectivity index is 2.32. The van der Waals surface area contributed by atoms with E-state index in [0.717, 1.165) is 17.4 Å². The fourth-order valence-electron chi connectivity index (χ4n) is 3.17. The van der Waals surface area contributed by atoms with Gasteiger partial charge in [0, 0.05) is 11.6 Å². The molecule has 1 heterocycles. The Bertz CT molecular complexity index is 361. The molecule has 16 heavy (non-hydrogen) atoms. The van der Waals surface area contributed by atoms with Gasteiger partial charge in [-0.05, 0) is 52.1 Å². The first-order valence-electron chi connectivity index (χ1n) is 6.39. The van der Waals surface area contributed by atoms with Gasteiger partial charge in [0.15, 0.2) is 0 Å². The van der Waals surface area contributed by atoms with Gasteiger partial charge in [-0.1, -0.05) is 12.8 Å². The molecular weight excluding hydrogens is 198 g/mol. The van der Waals surface area contributed by atoms with Crippen molar-refractivity contribution in [1.82, 2.24) is 5.32 Å². The van der Waals surface area contributed by atoms with Gasteiger partial charge in [-0.2, -0.15) is 0 Å². The fraction of sp³-hybridized carbons (Fsp3) is 0.714. The van der Waals surface area contributed by atoms with E-state index in [-0.39, 0.29) is 0 Å². The first-order chi connectivity index (χ1) is 7.65. The van der Waals surface area contributed by atoms with E-state index in [0.29, 0.717) is 6.04 Å². The van der Waals surface area contributed by atoms with Gasteiger partial charge in [0.2, 0.25) is 0 Å². The summed E-state index contributed by atoms with van der Waals surface area (Å²) in [4.78, 5) is 0. The lowest BCUT2D eigenvalue weighted by Gasteiger charge is -2.23. The molecule has 1 fully saturated rings. The number of hydrogen-bond acceptors (Lipinski definition) is 2. The van der Waals surface area contributed by atoms with Gasteiger partial charge >= 0.3 is 0 Å². The number of aryl methyl sites for hydroxylation is 2. The zero-order valence-electron chi connectivity index (χ0n) is 10.9. The van der Waals surface area contributed by atoms with Gasteiger partial charge in [-0.15, -0.1) is 0 Å². The molecule has 0 spiro atoms. The summed E-state index contributed by atoms with van der Waals surface area (Å²) in [6.07, 6.45) is 5.48. The Morgan fingerprint density at radius 2 is 1.75 bits per heavy atom. The Hall–Kier alpha value is -0.760. The monoisotopic (exact) mass is 221 g/mol. The predicted molar refractivity (Wildman–Crippen MR) is 66.7 cm³/mol.